The van der Waals surface area contributed by atoms with Crippen LogP contribution in [0.4, 0.5) is 0 Å². The van der Waals surface area contributed by atoms with E-state index in [9.17, 15) is 0 Å². The minimum Gasteiger partial charge on any atom is -0.491 e. The summed E-state index contributed by atoms with van der Waals surface area (Å²) in [5.41, 5.74) is 2.38. The quantitative estimate of drug-likeness (QED) is 0.765. The third kappa shape index (κ3) is 4.36. The number of hydrogen-bond acceptors (Lipinski definition) is 3. The molecule has 0 aromatic heterocycles. The monoisotopic (exact) mass is 237 g/mol. The number of nitrogens with one attached hydrogen (secondary N) is 1. The van der Waals surface area contributed by atoms with E-state index in [1.807, 2.05) is 13.0 Å². The minimum absolute atomic E-state index is 0.0512. The molecule has 0 aliphatic rings. The molecule has 0 saturated heterocycles. The van der Waals surface area contributed by atoms with Crippen LogP contribution in [-0.2, 0) is 0 Å². The molecule has 2 N–H and O–H groups in total. The van der Waals surface area contributed by atoms with Crippen molar-refractivity contribution in [3.8, 4) is 5.75 Å². The lowest BCUT2D eigenvalue weighted by Gasteiger charge is -2.16. The summed E-state index contributed by atoms with van der Waals surface area (Å²) >= 11 is 0. The molecule has 0 fully saturated rings. The summed E-state index contributed by atoms with van der Waals surface area (Å²) in [6.45, 7) is 7.79. The topological polar surface area (TPSA) is 41.5 Å². The molecule has 0 radical (unpaired) electrons. The van der Waals surface area contributed by atoms with Crippen LogP contribution >= 0.6 is 0 Å². The summed E-state index contributed by atoms with van der Waals surface area (Å²) in [7, 11) is 0. The third-order valence-electron chi connectivity index (χ3n) is 2.75. The average Bonchev–Trinajstić information content (AvgIpc) is 2.34. The molecule has 0 saturated carbocycles. The van der Waals surface area contributed by atoms with Gasteiger partial charge in [0.1, 0.15) is 12.4 Å². The van der Waals surface area contributed by atoms with Crippen LogP contribution in [-0.4, -0.2) is 24.9 Å². The van der Waals surface area contributed by atoms with Crippen molar-refractivity contribution < 1.29 is 9.84 Å². The minimum atomic E-state index is 0.0512. The van der Waals surface area contributed by atoms with Gasteiger partial charge in [-0.15, -0.1) is 0 Å². The molecule has 0 heterocycles. The van der Waals surface area contributed by atoms with Gasteiger partial charge in [-0.25, -0.2) is 0 Å². The van der Waals surface area contributed by atoms with E-state index in [0.29, 0.717) is 12.6 Å². The first kappa shape index (κ1) is 14.0. The summed E-state index contributed by atoms with van der Waals surface area (Å²) < 4.78 is 5.43. The third-order valence-corrected chi connectivity index (χ3v) is 2.75. The molecule has 17 heavy (non-hydrogen) atoms. The van der Waals surface area contributed by atoms with Crippen molar-refractivity contribution >= 4 is 0 Å². The maximum atomic E-state index is 8.72. The molecule has 0 amide bonds. The number of hydrogen-bond donors (Lipinski definition) is 2. The molecule has 3 nitrogen and oxygen atoms in total. The highest BCUT2D eigenvalue weighted by atomic mass is 16.5. The van der Waals surface area contributed by atoms with Gasteiger partial charge in [-0.05, 0) is 44.0 Å². The first-order valence-corrected chi connectivity index (χ1v) is 6.26. The van der Waals surface area contributed by atoms with Gasteiger partial charge in [0.05, 0.1) is 6.61 Å². The molecule has 0 aliphatic carbocycles. The Hall–Kier alpha value is -1.06. The smallest absolute Gasteiger partial charge is 0.122 e. The van der Waals surface area contributed by atoms with Crippen molar-refractivity contribution in [3.05, 3.63) is 29.3 Å². The second-order valence-corrected chi connectivity index (χ2v) is 4.27. The Labute approximate surface area is 104 Å². The maximum Gasteiger partial charge on any atom is 0.122 e. The van der Waals surface area contributed by atoms with Crippen molar-refractivity contribution in [1.82, 2.24) is 5.32 Å². The fraction of sp³-hybridized carbons (Fsp3) is 0.571. The van der Waals surface area contributed by atoms with Crippen LogP contribution in [0.2, 0.25) is 0 Å². The van der Waals surface area contributed by atoms with Crippen LogP contribution in [0.25, 0.3) is 0 Å². The summed E-state index contributed by atoms with van der Waals surface area (Å²) in [6.07, 6.45) is 1.14. The molecular weight excluding hydrogens is 214 g/mol. The highest BCUT2D eigenvalue weighted by Gasteiger charge is 2.06. The molecule has 1 atom stereocenters. The van der Waals surface area contributed by atoms with Gasteiger partial charge in [0.2, 0.25) is 0 Å². The lowest BCUT2D eigenvalue weighted by atomic mass is 10.0. The molecular formula is C14H23NO2. The molecule has 0 aliphatic heterocycles. The molecule has 0 spiro atoms. The first-order chi connectivity index (χ1) is 8.19. The van der Waals surface area contributed by atoms with Gasteiger partial charge in [0.25, 0.3) is 0 Å². The highest BCUT2D eigenvalue weighted by molar-refractivity contribution is 5.37. The second-order valence-electron chi connectivity index (χ2n) is 4.27. The van der Waals surface area contributed by atoms with Gasteiger partial charge in [-0.2, -0.15) is 0 Å². The first-order valence-electron chi connectivity index (χ1n) is 6.26. The van der Waals surface area contributed by atoms with Crippen LogP contribution in [0.5, 0.6) is 5.75 Å². The lowest BCUT2D eigenvalue weighted by Crippen LogP contribution is -2.19. The van der Waals surface area contributed by atoms with Crippen LogP contribution in [0.3, 0.4) is 0 Å². The zero-order chi connectivity index (χ0) is 12.7. The largest absolute Gasteiger partial charge is 0.491 e. The van der Waals surface area contributed by atoms with Gasteiger partial charge in [0, 0.05) is 6.04 Å². The zero-order valence-corrected chi connectivity index (χ0v) is 11.0. The highest BCUT2D eigenvalue weighted by Crippen LogP contribution is 2.22. The van der Waals surface area contributed by atoms with Gasteiger partial charge in [-0.3, -0.25) is 0 Å². The SMILES string of the molecule is CCCNC(C)c1ccc(OCCO)c(C)c1. The predicted octanol–water partition coefficient (Wildman–Crippen LogP) is 2.43. The number of ether oxygens (including phenoxy) is 1. The number of aliphatic hydroxyl groups is 1. The molecule has 96 valence electrons. The van der Waals surface area contributed by atoms with Crippen LogP contribution in [0.15, 0.2) is 18.2 Å². The van der Waals surface area contributed by atoms with Crippen molar-refractivity contribution in [1.29, 1.82) is 0 Å². The Morgan fingerprint density at radius 1 is 1.41 bits per heavy atom. The molecule has 1 rings (SSSR count). The van der Waals surface area contributed by atoms with E-state index in [0.717, 1.165) is 24.3 Å². The lowest BCUT2D eigenvalue weighted by molar-refractivity contribution is 0.200. The van der Waals surface area contributed by atoms with Crippen LogP contribution in [0.1, 0.15) is 37.4 Å². The zero-order valence-electron chi connectivity index (χ0n) is 11.0. The summed E-state index contributed by atoms with van der Waals surface area (Å²) in [4.78, 5) is 0. The molecule has 0 bridgehead atoms. The number of aryl methyl sites for hydroxylation is 1. The van der Waals surface area contributed by atoms with Gasteiger partial charge >= 0.3 is 0 Å². The predicted molar refractivity (Wildman–Crippen MR) is 70.5 cm³/mol. The van der Waals surface area contributed by atoms with Crippen molar-refractivity contribution in [2.75, 3.05) is 19.8 Å². The van der Waals surface area contributed by atoms with Crippen molar-refractivity contribution in [3.63, 3.8) is 0 Å². The van der Waals surface area contributed by atoms with E-state index >= 15 is 0 Å². The Bertz CT molecular complexity index is 339. The summed E-state index contributed by atoms with van der Waals surface area (Å²) in [6, 6.07) is 6.55. The Morgan fingerprint density at radius 3 is 2.76 bits per heavy atom. The fourth-order valence-electron chi connectivity index (χ4n) is 1.74. The van der Waals surface area contributed by atoms with Crippen molar-refractivity contribution in [2.45, 2.75) is 33.2 Å². The van der Waals surface area contributed by atoms with E-state index in [4.69, 9.17) is 9.84 Å². The number of aliphatic hydroxyl groups excluding tert-OH is 1. The van der Waals surface area contributed by atoms with E-state index in [2.05, 4.69) is 31.3 Å². The van der Waals surface area contributed by atoms with Gasteiger partial charge < -0.3 is 15.2 Å². The standard InChI is InChI=1S/C14H23NO2/c1-4-7-15-12(3)13-5-6-14(11(2)10-13)17-9-8-16/h5-6,10,12,15-16H,4,7-9H2,1-3H3. The van der Waals surface area contributed by atoms with E-state index < -0.39 is 0 Å². The van der Waals surface area contributed by atoms with E-state index in [-0.39, 0.29) is 6.61 Å². The molecule has 3 heteroatoms. The van der Waals surface area contributed by atoms with E-state index in [1.165, 1.54) is 5.56 Å². The number of benzene rings is 1. The summed E-state index contributed by atoms with van der Waals surface area (Å²) in [5, 5.41) is 12.2. The maximum absolute atomic E-state index is 8.72. The van der Waals surface area contributed by atoms with Crippen LogP contribution in [0, 0.1) is 6.92 Å². The van der Waals surface area contributed by atoms with Gasteiger partial charge in [0.15, 0.2) is 0 Å². The van der Waals surface area contributed by atoms with Gasteiger partial charge in [-0.1, -0.05) is 19.1 Å². The Kier molecular flexibility index (Phi) is 6.01. The molecule has 1 unspecified atom stereocenters. The normalized spacial score (nSPS) is 12.5. The average molecular weight is 237 g/mol. The van der Waals surface area contributed by atoms with Crippen LogP contribution < -0.4 is 10.1 Å². The summed E-state index contributed by atoms with van der Waals surface area (Å²) in [5.74, 6) is 0.852. The number of rotatable bonds is 7. The molecule has 1 aromatic rings. The van der Waals surface area contributed by atoms with Crippen molar-refractivity contribution in [2.24, 2.45) is 0 Å². The second kappa shape index (κ2) is 7.30. The Morgan fingerprint density at radius 2 is 2.18 bits per heavy atom. The fourth-order valence-corrected chi connectivity index (χ4v) is 1.74. The van der Waals surface area contributed by atoms with E-state index in [1.54, 1.807) is 0 Å². The molecule has 1 aromatic carbocycles. The Balaban J connectivity index is 2.67.